The van der Waals surface area contributed by atoms with Crippen molar-refractivity contribution in [3.63, 3.8) is 0 Å². The van der Waals surface area contributed by atoms with Crippen LogP contribution in [0.4, 0.5) is 4.39 Å². The number of ether oxygens (including phenoxy) is 1. The number of amides is 2. The van der Waals surface area contributed by atoms with Gasteiger partial charge in [0.25, 0.3) is 11.8 Å². The van der Waals surface area contributed by atoms with Gasteiger partial charge >= 0.3 is 0 Å². The third-order valence-electron chi connectivity index (χ3n) is 4.68. The summed E-state index contributed by atoms with van der Waals surface area (Å²) in [7, 11) is 0. The predicted molar refractivity (Wildman–Crippen MR) is 87.0 cm³/mol. The van der Waals surface area contributed by atoms with Crippen molar-refractivity contribution in [3.05, 3.63) is 65.0 Å². The van der Waals surface area contributed by atoms with Gasteiger partial charge in [0.05, 0.1) is 17.7 Å². The number of aryl methyl sites for hydroxylation is 1. The Balaban J connectivity index is 1.48. The van der Waals surface area contributed by atoms with Crippen LogP contribution in [0.3, 0.4) is 0 Å². The molecule has 0 fully saturated rings. The van der Waals surface area contributed by atoms with E-state index < -0.39 is 24.0 Å². The van der Waals surface area contributed by atoms with Gasteiger partial charge in [0.2, 0.25) is 0 Å². The van der Waals surface area contributed by atoms with E-state index in [-0.39, 0.29) is 12.4 Å². The first-order valence-electron chi connectivity index (χ1n) is 8.13. The molecule has 0 saturated heterocycles. The zero-order chi connectivity index (χ0) is 17.6. The predicted octanol–water partition coefficient (Wildman–Crippen LogP) is 2.18. The number of nitrogens with zero attached hydrogens (tertiary/aromatic N) is 1. The number of hydrogen-bond donors (Lipinski definition) is 1. The van der Waals surface area contributed by atoms with Crippen LogP contribution < -0.4 is 4.74 Å². The molecule has 2 aromatic carbocycles. The van der Waals surface area contributed by atoms with E-state index in [1.807, 2.05) is 0 Å². The molecule has 25 heavy (non-hydrogen) atoms. The van der Waals surface area contributed by atoms with Gasteiger partial charge in [-0.15, -0.1) is 0 Å². The second kappa shape index (κ2) is 5.97. The number of aliphatic hydroxyl groups is 1. The fourth-order valence-electron chi connectivity index (χ4n) is 3.36. The van der Waals surface area contributed by atoms with Crippen LogP contribution in [0.5, 0.6) is 5.75 Å². The molecule has 1 N–H and O–H groups in total. The van der Waals surface area contributed by atoms with Gasteiger partial charge in [-0.05, 0) is 48.7 Å². The molecule has 6 heteroatoms. The Bertz CT molecular complexity index is 831. The van der Waals surface area contributed by atoms with Crippen molar-refractivity contribution in [2.24, 2.45) is 0 Å². The summed E-state index contributed by atoms with van der Waals surface area (Å²) < 4.78 is 19.0. The highest BCUT2D eigenvalue weighted by Gasteiger charge is 2.38. The van der Waals surface area contributed by atoms with E-state index in [0.717, 1.165) is 10.5 Å². The van der Waals surface area contributed by atoms with Crippen molar-refractivity contribution in [2.45, 2.75) is 25.0 Å². The van der Waals surface area contributed by atoms with Crippen molar-refractivity contribution in [2.75, 3.05) is 6.54 Å². The molecular weight excluding hydrogens is 325 g/mol. The Morgan fingerprint density at radius 2 is 1.84 bits per heavy atom. The molecule has 2 atom stereocenters. The number of hydrogen-bond acceptors (Lipinski definition) is 4. The maximum absolute atomic E-state index is 13.3. The fourth-order valence-corrected chi connectivity index (χ4v) is 3.36. The second-order valence-corrected chi connectivity index (χ2v) is 6.28. The lowest BCUT2D eigenvalue weighted by Gasteiger charge is -2.31. The van der Waals surface area contributed by atoms with E-state index in [2.05, 4.69) is 0 Å². The summed E-state index contributed by atoms with van der Waals surface area (Å²) in [5.41, 5.74) is 1.46. The summed E-state index contributed by atoms with van der Waals surface area (Å²) in [6, 6.07) is 10.9. The summed E-state index contributed by atoms with van der Waals surface area (Å²) in [6.45, 7) is -0.131. The van der Waals surface area contributed by atoms with Crippen molar-refractivity contribution in [3.8, 4) is 5.75 Å². The number of rotatable bonds is 3. The second-order valence-electron chi connectivity index (χ2n) is 6.28. The fraction of sp³-hybridized carbons (Fsp3) is 0.263. The van der Waals surface area contributed by atoms with Crippen LogP contribution in [0.15, 0.2) is 42.5 Å². The number of halogens is 1. The highest BCUT2D eigenvalue weighted by Crippen LogP contribution is 2.30. The zero-order valence-corrected chi connectivity index (χ0v) is 13.3. The third kappa shape index (κ3) is 2.68. The summed E-state index contributed by atoms with van der Waals surface area (Å²) in [5, 5.41) is 10.5. The van der Waals surface area contributed by atoms with Crippen molar-refractivity contribution >= 4 is 11.8 Å². The average Bonchev–Trinajstić information content (AvgIpc) is 2.86. The highest BCUT2D eigenvalue weighted by atomic mass is 19.1. The average molecular weight is 341 g/mol. The van der Waals surface area contributed by atoms with Gasteiger partial charge < -0.3 is 9.84 Å². The normalized spacial score (nSPS) is 20.1. The molecule has 5 nitrogen and oxygen atoms in total. The van der Waals surface area contributed by atoms with Gasteiger partial charge in [-0.3, -0.25) is 14.5 Å². The Labute approximate surface area is 143 Å². The van der Waals surface area contributed by atoms with Gasteiger partial charge in [0.1, 0.15) is 23.8 Å². The molecule has 0 bridgehead atoms. The lowest BCUT2D eigenvalue weighted by Crippen LogP contribution is -2.45. The number of imide groups is 1. The summed E-state index contributed by atoms with van der Waals surface area (Å²) in [5.74, 6) is -0.609. The quantitative estimate of drug-likeness (QED) is 0.869. The topological polar surface area (TPSA) is 66.8 Å². The molecule has 2 aliphatic rings. The van der Waals surface area contributed by atoms with Crippen LogP contribution in [-0.2, 0) is 6.42 Å². The van der Waals surface area contributed by atoms with Gasteiger partial charge in [0, 0.05) is 0 Å². The van der Waals surface area contributed by atoms with E-state index in [9.17, 15) is 19.1 Å². The number of β-amino-alcohol motifs (C(OH)–C–C–N with tert-alkyl or cyclic N) is 1. The molecule has 0 spiro atoms. The molecule has 2 heterocycles. The van der Waals surface area contributed by atoms with E-state index in [0.29, 0.717) is 29.7 Å². The lowest BCUT2D eigenvalue weighted by molar-refractivity contribution is 0.00552. The van der Waals surface area contributed by atoms with Crippen LogP contribution in [0.2, 0.25) is 0 Å². The summed E-state index contributed by atoms with van der Waals surface area (Å²) in [4.78, 5) is 25.8. The SMILES string of the molecule is O=C1c2ccccc2C(=O)N1CC(O)C1CCc2cc(F)ccc2O1. The van der Waals surface area contributed by atoms with Crippen LogP contribution in [0, 0.1) is 5.82 Å². The van der Waals surface area contributed by atoms with Gasteiger partial charge in [-0.25, -0.2) is 4.39 Å². The van der Waals surface area contributed by atoms with E-state index >= 15 is 0 Å². The Morgan fingerprint density at radius 1 is 1.16 bits per heavy atom. The van der Waals surface area contributed by atoms with Crippen molar-refractivity contribution in [1.82, 2.24) is 4.90 Å². The number of carbonyl (C=O) groups excluding carboxylic acids is 2. The largest absolute Gasteiger partial charge is 0.487 e. The zero-order valence-electron chi connectivity index (χ0n) is 13.3. The molecule has 0 radical (unpaired) electrons. The molecule has 2 amide bonds. The standard InChI is InChI=1S/C19H16FNO4/c20-12-6-8-16-11(9-12)5-7-17(25-16)15(22)10-21-18(23)13-3-1-2-4-14(13)19(21)24/h1-4,6,8-9,15,17,22H,5,7,10H2. The first-order valence-corrected chi connectivity index (χ1v) is 8.13. The number of aliphatic hydroxyl groups excluding tert-OH is 1. The van der Waals surface area contributed by atoms with Crippen LogP contribution in [-0.4, -0.2) is 40.6 Å². The molecule has 0 aromatic heterocycles. The Hall–Kier alpha value is -2.73. The Kier molecular flexibility index (Phi) is 3.77. The molecule has 2 aliphatic heterocycles. The molecule has 0 aliphatic carbocycles. The minimum absolute atomic E-state index is 0.131. The monoisotopic (exact) mass is 341 g/mol. The number of benzene rings is 2. The van der Waals surface area contributed by atoms with Crippen molar-refractivity contribution < 1.29 is 23.8 Å². The van der Waals surface area contributed by atoms with Crippen LogP contribution in [0.25, 0.3) is 0 Å². The first kappa shape index (κ1) is 15.8. The minimum Gasteiger partial charge on any atom is -0.487 e. The third-order valence-corrected chi connectivity index (χ3v) is 4.68. The smallest absolute Gasteiger partial charge is 0.261 e. The summed E-state index contributed by atoms with van der Waals surface area (Å²) in [6.07, 6.45) is -0.514. The molecular formula is C19H16FNO4. The number of fused-ring (bicyclic) bond motifs is 2. The van der Waals surface area contributed by atoms with Crippen LogP contribution in [0.1, 0.15) is 32.7 Å². The highest BCUT2D eigenvalue weighted by molar-refractivity contribution is 6.21. The van der Waals surface area contributed by atoms with E-state index in [4.69, 9.17) is 4.74 Å². The summed E-state index contributed by atoms with van der Waals surface area (Å²) >= 11 is 0. The minimum atomic E-state index is -1.01. The van der Waals surface area contributed by atoms with Crippen LogP contribution >= 0.6 is 0 Å². The molecule has 2 unspecified atom stereocenters. The maximum atomic E-state index is 13.3. The number of carbonyl (C=O) groups is 2. The van der Waals surface area contributed by atoms with E-state index in [1.165, 1.54) is 18.2 Å². The van der Waals surface area contributed by atoms with Gasteiger partial charge in [-0.1, -0.05) is 12.1 Å². The van der Waals surface area contributed by atoms with E-state index in [1.54, 1.807) is 24.3 Å². The van der Waals surface area contributed by atoms with Gasteiger partial charge in [-0.2, -0.15) is 0 Å². The maximum Gasteiger partial charge on any atom is 0.261 e. The molecule has 0 saturated carbocycles. The Morgan fingerprint density at radius 3 is 2.52 bits per heavy atom. The first-order chi connectivity index (χ1) is 12.0. The molecule has 2 aromatic rings. The lowest BCUT2D eigenvalue weighted by atomic mass is 9.98. The molecule has 4 rings (SSSR count). The molecule has 128 valence electrons. The van der Waals surface area contributed by atoms with Crippen molar-refractivity contribution in [1.29, 1.82) is 0 Å². The van der Waals surface area contributed by atoms with Gasteiger partial charge in [0.15, 0.2) is 0 Å².